The second-order valence-corrected chi connectivity index (χ2v) is 8.55. The number of piperidine rings is 1. The highest BCUT2D eigenvalue weighted by molar-refractivity contribution is 5.91. The number of H-pyrrole nitrogens is 1. The molecule has 8 heteroatoms. The van der Waals surface area contributed by atoms with Gasteiger partial charge in [0.15, 0.2) is 5.82 Å². The molecule has 2 unspecified atom stereocenters. The van der Waals surface area contributed by atoms with Crippen LogP contribution in [0.15, 0.2) is 24.3 Å². The van der Waals surface area contributed by atoms with Crippen molar-refractivity contribution in [2.45, 2.75) is 71.2 Å². The number of aryl methyl sites for hydroxylation is 1. The molecular weight excluding hydrogens is 390 g/mol. The van der Waals surface area contributed by atoms with E-state index in [1.165, 1.54) is 0 Å². The Kier molecular flexibility index (Phi) is 6.38. The van der Waals surface area contributed by atoms with Gasteiger partial charge in [-0.2, -0.15) is 5.10 Å². The van der Waals surface area contributed by atoms with Gasteiger partial charge in [0.2, 0.25) is 0 Å². The van der Waals surface area contributed by atoms with Crippen LogP contribution < -0.4 is 10.6 Å². The third kappa shape index (κ3) is 4.65. The molecule has 0 aliphatic carbocycles. The molecule has 0 aromatic carbocycles. The first-order chi connectivity index (χ1) is 15.0. The van der Waals surface area contributed by atoms with Crippen LogP contribution in [0.4, 0.5) is 17.5 Å². The van der Waals surface area contributed by atoms with E-state index in [2.05, 4.69) is 51.6 Å². The van der Waals surface area contributed by atoms with Crippen molar-refractivity contribution in [1.82, 2.24) is 25.1 Å². The molecule has 0 radical (unpaired) electrons. The summed E-state index contributed by atoms with van der Waals surface area (Å²) in [7, 11) is 2.25. The van der Waals surface area contributed by atoms with E-state index in [1.807, 2.05) is 31.2 Å². The molecule has 1 fully saturated rings. The topological polar surface area (TPSA) is 102 Å². The summed E-state index contributed by atoms with van der Waals surface area (Å²) in [6.45, 7) is 6.40. The SMILES string of the molecule is CCC1CC(Nc2nc(Nc3cc(C)[nH]n3)cc3nc(CO)ccc23)CC(CC)N1C. The Bertz CT molecular complexity index is 1020. The van der Waals surface area contributed by atoms with Crippen LogP contribution in [0.3, 0.4) is 0 Å². The molecule has 8 nitrogen and oxygen atoms in total. The number of anilines is 3. The molecule has 0 bridgehead atoms. The zero-order chi connectivity index (χ0) is 22.0. The van der Waals surface area contributed by atoms with Crippen molar-refractivity contribution in [1.29, 1.82) is 0 Å². The Morgan fingerprint density at radius 1 is 1.10 bits per heavy atom. The predicted octanol–water partition coefficient (Wildman–Crippen LogP) is 3.96. The molecule has 31 heavy (non-hydrogen) atoms. The fraction of sp³-hybridized carbons (Fsp3) is 0.522. The number of aromatic amines is 1. The summed E-state index contributed by atoms with van der Waals surface area (Å²) in [6, 6.07) is 9.17. The standard InChI is InChI=1S/C23H33N7O/c1-5-17-10-16(11-18(6-2)30(17)4)25-23-19-8-7-15(13-31)24-20(19)12-21(27-23)26-22-9-14(3)28-29-22/h7-9,12,16-18,31H,5-6,10-11,13H2,1-4H3,(H3,25,26,27,28,29). The van der Waals surface area contributed by atoms with Crippen molar-refractivity contribution in [3.63, 3.8) is 0 Å². The van der Waals surface area contributed by atoms with Gasteiger partial charge >= 0.3 is 0 Å². The molecule has 1 saturated heterocycles. The first-order valence-corrected chi connectivity index (χ1v) is 11.2. The van der Waals surface area contributed by atoms with Gasteiger partial charge in [0, 0.05) is 41.3 Å². The molecule has 0 amide bonds. The van der Waals surface area contributed by atoms with E-state index >= 15 is 0 Å². The van der Waals surface area contributed by atoms with Crippen molar-refractivity contribution < 1.29 is 5.11 Å². The van der Waals surface area contributed by atoms with E-state index in [-0.39, 0.29) is 6.61 Å². The lowest BCUT2D eigenvalue weighted by Crippen LogP contribution is -2.50. The van der Waals surface area contributed by atoms with Crippen molar-refractivity contribution in [2.75, 3.05) is 17.7 Å². The number of pyridine rings is 2. The Labute approximate surface area is 183 Å². The summed E-state index contributed by atoms with van der Waals surface area (Å²) in [4.78, 5) is 12.0. The fourth-order valence-corrected chi connectivity index (χ4v) is 4.65. The van der Waals surface area contributed by atoms with Gasteiger partial charge in [-0.25, -0.2) is 4.98 Å². The van der Waals surface area contributed by atoms with Crippen LogP contribution in [-0.2, 0) is 6.61 Å². The van der Waals surface area contributed by atoms with Crippen LogP contribution in [-0.4, -0.2) is 55.3 Å². The summed E-state index contributed by atoms with van der Waals surface area (Å²) in [6.07, 6.45) is 4.46. The highest BCUT2D eigenvalue weighted by Gasteiger charge is 2.31. The number of hydrogen-bond acceptors (Lipinski definition) is 7. The fourth-order valence-electron chi connectivity index (χ4n) is 4.65. The summed E-state index contributed by atoms with van der Waals surface area (Å²) in [5, 5.41) is 24.7. The van der Waals surface area contributed by atoms with Crippen LogP contribution in [0.5, 0.6) is 0 Å². The number of hydrogen-bond donors (Lipinski definition) is 4. The minimum atomic E-state index is -0.0896. The lowest BCUT2D eigenvalue weighted by Gasteiger charge is -2.43. The number of nitrogens with zero attached hydrogens (tertiary/aromatic N) is 4. The molecule has 166 valence electrons. The summed E-state index contributed by atoms with van der Waals surface area (Å²) < 4.78 is 0. The zero-order valence-electron chi connectivity index (χ0n) is 18.8. The van der Waals surface area contributed by atoms with E-state index in [9.17, 15) is 5.11 Å². The van der Waals surface area contributed by atoms with Crippen molar-refractivity contribution in [3.8, 4) is 0 Å². The number of fused-ring (bicyclic) bond motifs is 1. The normalized spacial score (nSPS) is 22.0. The lowest BCUT2D eigenvalue weighted by molar-refractivity contribution is 0.101. The van der Waals surface area contributed by atoms with Crippen LogP contribution in [0, 0.1) is 6.92 Å². The zero-order valence-corrected chi connectivity index (χ0v) is 18.8. The molecule has 4 rings (SSSR count). The number of aliphatic hydroxyl groups is 1. The number of aromatic nitrogens is 4. The van der Waals surface area contributed by atoms with Gasteiger partial charge in [0.05, 0.1) is 17.8 Å². The molecule has 0 saturated carbocycles. The average Bonchev–Trinajstić information content (AvgIpc) is 3.18. The maximum absolute atomic E-state index is 9.54. The number of rotatable bonds is 7. The van der Waals surface area contributed by atoms with E-state index in [1.54, 1.807) is 0 Å². The summed E-state index contributed by atoms with van der Waals surface area (Å²) >= 11 is 0. The maximum atomic E-state index is 9.54. The van der Waals surface area contributed by atoms with Gasteiger partial charge in [0.1, 0.15) is 11.6 Å². The molecule has 2 atom stereocenters. The van der Waals surface area contributed by atoms with Crippen LogP contribution in [0.2, 0.25) is 0 Å². The number of likely N-dealkylation sites (tertiary alicyclic amines) is 1. The Balaban J connectivity index is 1.67. The second-order valence-electron chi connectivity index (χ2n) is 8.55. The van der Waals surface area contributed by atoms with Gasteiger partial charge in [-0.3, -0.25) is 10.1 Å². The van der Waals surface area contributed by atoms with Crippen molar-refractivity contribution in [2.24, 2.45) is 0 Å². The van der Waals surface area contributed by atoms with Crippen LogP contribution in [0.1, 0.15) is 50.9 Å². The second kappa shape index (κ2) is 9.20. The summed E-state index contributed by atoms with van der Waals surface area (Å²) in [5.41, 5.74) is 2.42. The van der Waals surface area contributed by atoms with Gasteiger partial charge in [-0.1, -0.05) is 13.8 Å². The Hall–Kier alpha value is -2.71. The first kappa shape index (κ1) is 21.5. The van der Waals surface area contributed by atoms with Crippen LogP contribution >= 0.6 is 0 Å². The van der Waals surface area contributed by atoms with E-state index < -0.39 is 0 Å². The quantitative estimate of drug-likeness (QED) is 0.456. The van der Waals surface area contributed by atoms with Crippen molar-refractivity contribution >= 4 is 28.4 Å². The number of aliphatic hydroxyl groups excluding tert-OH is 1. The molecule has 0 spiro atoms. The number of nitrogens with one attached hydrogen (secondary N) is 3. The molecule has 4 heterocycles. The van der Waals surface area contributed by atoms with Gasteiger partial charge in [-0.05, 0) is 51.8 Å². The van der Waals surface area contributed by atoms with Gasteiger partial charge in [-0.15, -0.1) is 0 Å². The highest BCUT2D eigenvalue weighted by Crippen LogP contribution is 2.31. The third-order valence-electron chi connectivity index (χ3n) is 6.42. The van der Waals surface area contributed by atoms with Gasteiger partial charge < -0.3 is 20.6 Å². The van der Waals surface area contributed by atoms with E-state index in [0.29, 0.717) is 35.5 Å². The predicted molar refractivity (Wildman–Crippen MR) is 125 cm³/mol. The molecular formula is C23H33N7O. The Morgan fingerprint density at radius 3 is 2.45 bits per heavy atom. The largest absolute Gasteiger partial charge is 0.390 e. The lowest BCUT2D eigenvalue weighted by atomic mass is 9.89. The van der Waals surface area contributed by atoms with Crippen LogP contribution in [0.25, 0.3) is 10.9 Å². The molecule has 1 aliphatic rings. The first-order valence-electron chi connectivity index (χ1n) is 11.2. The highest BCUT2D eigenvalue weighted by atomic mass is 16.3. The molecule has 1 aliphatic heterocycles. The minimum Gasteiger partial charge on any atom is -0.390 e. The molecule has 3 aromatic rings. The third-order valence-corrected chi connectivity index (χ3v) is 6.42. The maximum Gasteiger partial charge on any atom is 0.153 e. The molecule has 3 aromatic heterocycles. The van der Waals surface area contributed by atoms with Crippen molar-refractivity contribution in [3.05, 3.63) is 35.7 Å². The minimum absolute atomic E-state index is 0.0896. The average molecular weight is 424 g/mol. The Morgan fingerprint density at radius 2 is 1.84 bits per heavy atom. The smallest absolute Gasteiger partial charge is 0.153 e. The van der Waals surface area contributed by atoms with E-state index in [0.717, 1.165) is 48.1 Å². The van der Waals surface area contributed by atoms with E-state index in [4.69, 9.17) is 4.98 Å². The summed E-state index contributed by atoms with van der Waals surface area (Å²) in [5.74, 6) is 2.21. The monoisotopic (exact) mass is 423 g/mol. The van der Waals surface area contributed by atoms with Gasteiger partial charge in [0.25, 0.3) is 0 Å². The molecule has 4 N–H and O–H groups in total.